The van der Waals surface area contributed by atoms with E-state index in [-0.39, 0.29) is 17.8 Å². The van der Waals surface area contributed by atoms with Crippen molar-refractivity contribution < 1.29 is 9.18 Å². The maximum absolute atomic E-state index is 12.7. The van der Waals surface area contributed by atoms with E-state index in [1.54, 1.807) is 12.1 Å². The average molecular weight is 222 g/mol. The standard InChI is InChI=1S/C12H15FN2O/c13-10-3-1-8(2-4-10)5-9-6-11(12(14)16)15-7-9/h1-4,9,11,15H,5-7H2,(H2,14,16). The molecule has 1 aromatic carbocycles. The number of hydrogen-bond acceptors (Lipinski definition) is 2. The second kappa shape index (κ2) is 4.61. The number of primary amides is 1. The highest BCUT2D eigenvalue weighted by Gasteiger charge is 2.27. The highest BCUT2D eigenvalue weighted by Crippen LogP contribution is 2.19. The predicted molar refractivity (Wildman–Crippen MR) is 59.2 cm³/mol. The molecule has 2 rings (SSSR count). The van der Waals surface area contributed by atoms with Gasteiger partial charge in [0, 0.05) is 0 Å². The molecule has 3 nitrogen and oxygen atoms in total. The number of rotatable bonds is 3. The number of nitrogens with one attached hydrogen (secondary N) is 1. The molecule has 86 valence electrons. The molecule has 0 saturated carbocycles. The zero-order chi connectivity index (χ0) is 11.5. The lowest BCUT2D eigenvalue weighted by molar-refractivity contribution is -0.119. The van der Waals surface area contributed by atoms with Gasteiger partial charge >= 0.3 is 0 Å². The first-order valence-corrected chi connectivity index (χ1v) is 5.42. The van der Waals surface area contributed by atoms with Gasteiger partial charge in [-0.3, -0.25) is 4.79 Å². The van der Waals surface area contributed by atoms with Gasteiger partial charge in [-0.25, -0.2) is 4.39 Å². The van der Waals surface area contributed by atoms with Crippen LogP contribution in [0.25, 0.3) is 0 Å². The van der Waals surface area contributed by atoms with Crippen LogP contribution in [0.3, 0.4) is 0 Å². The zero-order valence-electron chi connectivity index (χ0n) is 8.95. The van der Waals surface area contributed by atoms with Crippen LogP contribution in [-0.2, 0) is 11.2 Å². The largest absolute Gasteiger partial charge is 0.368 e. The van der Waals surface area contributed by atoms with Gasteiger partial charge in [0.15, 0.2) is 0 Å². The SMILES string of the molecule is NC(=O)C1CC(Cc2ccc(F)cc2)CN1. The van der Waals surface area contributed by atoms with E-state index in [1.807, 2.05) is 0 Å². The Balaban J connectivity index is 1.92. The van der Waals surface area contributed by atoms with Crippen LogP contribution in [-0.4, -0.2) is 18.5 Å². The van der Waals surface area contributed by atoms with Gasteiger partial charge in [0.25, 0.3) is 0 Å². The molecule has 2 atom stereocenters. The minimum Gasteiger partial charge on any atom is -0.368 e. The topological polar surface area (TPSA) is 55.1 Å². The predicted octanol–water partition coefficient (Wildman–Crippen LogP) is 0.832. The van der Waals surface area contributed by atoms with Crippen molar-refractivity contribution in [3.63, 3.8) is 0 Å². The van der Waals surface area contributed by atoms with E-state index < -0.39 is 0 Å². The minimum absolute atomic E-state index is 0.203. The Labute approximate surface area is 93.8 Å². The van der Waals surface area contributed by atoms with Crippen LogP contribution < -0.4 is 11.1 Å². The quantitative estimate of drug-likeness (QED) is 0.796. The van der Waals surface area contributed by atoms with Crippen LogP contribution >= 0.6 is 0 Å². The summed E-state index contributed by atoms with van der Waals surface area (Å²) in [5, 5.41) is 3.09. The summed E-state index contributed by atoms with van der Waals surface area (Å²) in [5.74, 6) is -0.104. The molecule has 1 aromatic rings. The van der Waals surface area contributed by atoms with Crippen molar-refractivity contribution in [1.82, 2.24) is 5.32 Å². The number of halogens is 1. The Bertz CT molecular complexity index is 377. The second-order valence-electron chi connectivity index (χ2n) is 4.30. The van der Waals surface area contributed by atoms with Crippen molar-refractivity contribution in [2.45, 2.75) is 18.9 Å². The lowest BCUT2D eigenvalue weighted by atomic mass is 9.96. The van der Waals surface area contributed by atoms with Crippen molar-refractivity contribution >= 4 is 5.91 Å². The van der Waals surface area contributed by atoms with Crippen molar-refractivity contribution in [3.8, 4) is 0 Å². The molecule has 0 spiro atoms. The zero-order valence-corrected chi connectivity index (χ0v) is 8.95. The molecule has 1 amide bonds. The molecule has 4 heteroatoms. The summed E-state index contributed by atoms with van der Waals surface area (Å²) in [5.41, 5.74) is 6.32. The third-order valence-corrected chi connectivity index (χ3v) is 3.00. The monoisotopic (exact) mass is 222 g/mol. The van der Waals surface area contributed by atoms with Gasteiger partial charge in [-0.1, -0.05) is 12.1 Å². The maximum Gasteiger partial charge on any atom is 0.234 e. The van der Waals surface area contributed by atoms with E-state index in [0.29, 0.717) is 5.92 Å². The van der Waals surface area contributed by atoms with E-state index >= 15 is 0 Å². The summed E-state index contributed by atoms with van der Waals surface area (Å²) in [6.45, 7) is 0.797. The fourth-order valence-electron chi connectivity index (χ4n) is 2.13. The van der Waals surface area contributed by atoms with Crippen LogP contribution in [0, 0.1) is 11.7 Å². The van der Waals surface area contributed by atoms with Gasteiger partial charge in [-0.2, -0.15) is 0 Å². The third kappa shape index (κ3) is 2.58. The third-order valence-electron chi connectivity index (χ3n) is 3.00. The fraction of sp³-hybridized carbons (Fsp3) is 0.417. The lowest BCUT2D eigenvalue weighted by Gasteiger charge is -2.08. The van der Waals surface area contributed by atoms with Gasteiger partial charge < -0.3 is 11.1 Å². The van der Waals surface area contributed by atoms with Crippen molar-refractivity contribution in [1.29, 1.82) is 0 Å². The van der Waals surface area contributed by atoms with Gasteiger partial charge in [0.2, 0.25) is 5.91 Å². The van der Waals surface area contributed by atoms with Gasteiger partial charge in [-0.05, 0) is 43.0 Å². The molecule has 0 bridgehead atoms. The number of nitrogens with two attached hydrogens (primary N) is 1. The van der Waals surface area contributed by atoms with E-state index in [0.717, 1.165) is 24.9 Å². The Kier molecular flexibility index (Phi) is 3.19. The van der Waals surface area contributed by atoms with Gasteiger partial charge in [0.05, 0.1) is 6.04 Å². The van der Waals surface area contributed by atoms with Crippen LogP contribution in [0.15, 0.2) is 24.3 Å². The number of carbonyl (C=O) groups is 1. The molecule has 2 unspecified atom stereocenters. The second-order valence-corrected chi connectivity index (χ2v) is 4.30. The molecule has 0 aromatic heterocycles. The Morgan fingerprint density at radius 1 is 1.44 bits per heavy atom. The first kappa shape index (κ1) is 11.1. The molecule has 1 aliphatic heterocycles. The number of benzene rings is 1. The Morgan fingerprint density at radius 3 is 2.69 bits per heavy atom. The van der Waals surface area contributed by atoms with Crippen LogP contribution in [0.4, 0.5) is 4.39 Å². The number of carbonyl (C=O) groups excluding carboxylic acids is 1. The van der Waals surface area contributed by atoms with Crippen molar-refractivity contribution in [2.75, 3.05) is 6.54 Å². The van der Waals surface area contributed by atoms with Crippen molar-refractivity contribution in [2.24, 2.45) is 11.7 Å². The maximum atomic E-state index is 12.7. The van der Waals surface area contributed by atoms with Crippen LogP contribution in [0.2, 0.25) is 0 Å². The number of hydrogen-bond donors (Lipinski definition) is 2. The Hall–Kier alpha value is -1.42. The van der Waals surface area contributed by atoms with E-state index in [1.165, 1.54) is 12.1 Å². The molecule has 1 saturated heterocycles. The summed E-state index contributed by atoms with van der Waals surface area (Å²) in [7, 11) is 0. The molecule has 1 fully saturated rings. The molecule has 1 heterocycles. The number of amides is 1. The molecule has 0 aliphatic carbocycles. The molecule has 0 radical (unpaired) electrons. The van der Waals surface area contributed by atoms with E-state index in [2.05, 4.69) is 5.32 Å². The fourth-order valence-corrected chi connectivity index (χ4v) is 2.13. The van der Waals surface area contributed by atoms with Crippen LogP contribution in [0.5, 0.6) is 0 Å². The summed E-state index contributed by atoms with van der Waals surface area (Å²) in [6.07, 6.45) is 1.63. The Morgan fingerprint density at radius 2 is 2.12 bits per heavy atom. The van der Waals surface area contributed by atoms with Crippen molar-refractivity contribution in [3.05, 3.63) is 35.6 Å². The van der Waals surface area contributed by atoms with Gasteiger partial charge in [0.1, 0.15) is 5.82 Å². The first-order valence-electron chi connectivity index (χ1n) is 5.42. The smallest absolute Gasteiger partial charge is 0.234 e. The summed E-state index contributed by atoms with van der Waals surface area (Å²) >= 11 is 0. The summed E-state index contributed by atoms with van der Waals surface area (Å²) < 4.78 is 12.7. The highest BCUT2D eigenvalue weighted by atomic mass is 19.1. The average Bonchev–Trinajstić information content (AvgIpc) is 2.70. The molecular weight excluding hydrogens is 207 g/mol. The first-order chi connectivity index (χ1) is 7.65. The minimum atomic E-state index is -0.290. The van der Waals surface area contributed by atoms with E-state index in [9.17, 15) is 9.18 Å². The van der Waals surface area contributed by atoms with Gasteiger partial charge in [-0.15, -0.1) is 0 Å². The van der Waals surface area contributed by atoms with Crippen LogP contribution in [0.1, 0.15) is 12.0 Å². The molecule has 16 heavy (non-hydrogen) atoms. The molecule has 1 aliphatic rings. The highest BCUT2D eigenvalue weighted by molar-refractivity contribution is 5.80. The lowest BCUT2D eigenvalue weighted by Crippen LogP contribution is -2.36. The summed E-state index contributed by atoms with van der Waals surface area (Å²) in [6, 6.07) is 6.29. The molecule has 3 N–H and O–H groups in total. The molecular formula is C12H15FN2O. The van der Waals surface area contributed by atoms with E-state index in [4.69, 9.17) is 5.73 Å². The normalized spacial score (nSPS) is 24.6. The summed E-state index contributed by atoms with van der Waals surface area (Å²) in [4.78, 5) is 11.0.